The largest absolute Gasteiger partial charge is 0.393 e. The molecule has 0 fully saturated rings. The standard InChI is InChI=1S/C12H8N4O4S/c13-7-3-11-5(1-9(7)15(17)18)6-2-10(16(19)20)8(14)4-12(6)21-11/h1-4H,13-14H2. The van der Waals surface area contributed by atoms with Gasteiger partial charge in [0, 0.05) is 32.3 Å². The summed E-state index contributed by atoms with van der Waals surface area (Å²) in [5.74, 6) is 0. The number of anilines is 2. The van der Waals surface area contributed by atoms with Crippen molar-refractivity contribution in [3.05, 3.63) is 44.5 Å². The SMILES string of the molecule is Nc1cc2sc3cc(N)c([N+](=O)[O-])cc3c2cc1[N+](=O)[O-]. The second kappa shape index (κ2) is 4.28. The van der Waals surface area contributed by atoms with Gasteiger partial charge in [0.2, 0.25) is 0 Å². The zero-order valence-corrected chi connectivity index (χ0v) is 11.2. The Bertz CT molecular complexity index is 860. The number of thiophene rings is 1. The van der Waals surface area contributed by atoms with E-state index in [1.165, 1.54) is 35.6 Å². The van der Waals surface area contributed by atoms with Gasteiger partial charge in [0.15, 0.2) is 0 Å². The Kier molecular flexibility index (Phi) is 2.66. The number of nitro benzene ring substituents is 2. The quantitative estimate of drug-likeness (QED) is 0.424. The van der Waals surface area contributed by atoms with Gasteiger partial charge in [-0.1, -0.05) is 0 Å². The highest BCUT2D eigenvalue weighted by Gasteiger charge is 2.19. The van der Waals surface area contributed by atoms with Gasteiger partial charge in [-0.15, -0.1) is 11.3 Å². The zero-order chi connectivity index (χ0) is 15.3. The van der Waals surface area contributed by atoms with Crippen LogP contribution in [0.15, 0.2) is 24.3 Å². The van der Waals surface area contributed by atoms with E-state index in [4.69, 9.17) is 11.5 Å². The first-order valence-electron chi connectivity index (χ1n) is 5.72. The summed E-state index contributed by atoms with van der Waals surface area (Å²) in [6.45, 7) is 0. The molecule has 3 rings (SSSR count). The van der Waals surface area contributed by atoms with Crippen LogP contribution < -0.4 is 11.5 Å². The molecule has 1 aromatic heterocycles. The number of nitro groups is 2. The molecule has 0 amide bonds. The molecule has 0 spiro atoms. The molecule has 0 atom stereocenters. The van der Waals surface area contributed by atoms with E-state index < -0.39 is 9.85 Å². The summed E-state index contributed by atoms with van der Waals surface area (Å²) >= 11 is 1.33. The van der Waals surface area contributed by atoms with Crippen molar-refractivity contribution in [1.82, 2.24) is 0 Å². The monoisotopic (exact) mass is 304 g/mol. The van der Waals surface area contributed by atoms with Crippen molar-refractivity contribution < 1.29 is 9.85 Å². The lowest BCUT2D eigenvalue weighted by atomic mass is 10.1. The van der Waals surface area contributed by atoms with Crippen LogP contribution in [0.2, 0.25) is 0 Å². The van der Waals surface area contributed by atoms with E-state index in [-0.39, 0.29) is 22.7 Å². The maximum Gasteiger partial charge on any atom is 0.292 e. The molecule has 0 unspecified atom stereocenters. The summed E-state index contributed by atoms with van der Waals surface area (Å²) in [6.07, 6.45) is 0. The van der Waals surface area contributed by atoms with Gasteiger partial charge < -0.3 is 11.5 Å². The van der Waals surface area contributed by atoms with E-state index in [9.17, 15) is 20.2 Å². The molecule has 2 aromatic carbocycles. The Labute approximate surface area is 120 Å². The highest BCUT2D eigenvalue weighted by Crippen LogP contribution is 2.41. The van der Waals surface area contributed by atoms with Gasteiger partial charge >= 0.3 is 0 Å². The lowest BCUT2D eigenvalue weighted by molar-refractivity contribution is -0.384. The number of nitrogens with zero attached hydrogens (tertiary/aromatic N) is 2. The zero-order valence-electron chi connectivity index (χ0n) is 10.4. The van der Waals surface area contributed by atoms with Crippen molar-refractivity contribution in [3.63, 3.8) is 0 Å². The maximum atomic E-state index is 11.0. The van der Waals surface area contributed by atoms with E-state index >= 15 is 0 Å². The van der Waals surface area contributed by atoms with Crippen molar-refractivity contribution >= 4 is 54.3 Å². The molecule has 0 radical (unpaired) electrons. The lowest BCUT2D eigenvalue weighted by Crippen LogP contribution is -1.95. The highest BCUT2D eigenvalue weighted by molar-refractivity contribution is 7.25. The average Bonchev–Trinajstić information content (AvgIpc) is 2.71. The summed E-state index contributed by atoms with van der Waals surface area (Å²) in [4.78, 5) is 20.7. The summed E-state index contributed by atoms with van der Waals surface area (Å²) in [5.41, 5.74) is 11.0. The molecule has 9 heteroatoms. The van der Waals surface area contributed by atoms with Crippen molar-refractivity contribution in [2.24, 2.45) is 0 Å². The normalized spacial score (nSPS) is 11.0. The molecule has 0 aliphatic carbocycles. The maximum absolute atomic E-state index is 11.0. The van der Waals surface area contributed by atoms with Crippen LogP contribution in [0.3, 0.4) is 0 Å². The minimum Gasteiger partial charge on any atom is -0.393 e. The van der Waals surface area contributed by atoms with Gasteiger partial charge in [0.25, 0.3) is 11.4 Å². The molecule has 1 heterocycles. The van der Waals surface area contributed by atoms with Crippen molar-refractivity contribution in [1.29, 1.82) is 0 Å². The van der Waals surface area contributed by atoms with Gasteiger partial charge in [-0.2, -0.15) is 0 Å². The molecule has 0 saturated carbocycles. The second-order valence-corrected chi connectivity index (χ2v) is 5.51. The number of hydrogen-bond donors (Lipinski definition) is 2. The summed E-state index contributed by atoms with van der Waals surface area (Å²) in [5, 5.41) is 23.0. The number of hydrogen-bond acceptors (Lipinski definition) is 7. The number of benzene rings is 2. The Morgan fingerprint density at radius 1 is 0.810 bits per heavy atom. The van der Waals surface area contributed by atoms with Gasteiger partial charge in [0.05, 0.1) is 9.85 Å². The molecule has 0 aliphatic heterocycles. The lowest BCUT2D eigenvalue weighted by Gasteiger charge is -1.99. The molecule has 0 saturated heterocycles. The van der Waals surface area contributed by atoms with Crippen LogP contribution in [0.25, 0.3) is 20.2 Å². The van der Waals surface area contributed by atoms with Crippen molar-refractivity contribution in [2.75, 3.05) is 11.5 Å². The molecule has 0 aliphatic rings. The van der Waals surface area contributed by atoms with Crippen LogP contribution in [0.4, 0.5) is 22.7 Å². The van der Waals surface area contributed by atoms with E-state index in [1.54, 1.807) is 0 Å². The molecule has 3 aromatic rings. The Morgan fingerprint density at radius 3 is 1.52 bits per heavy atom. The number of nitrogen functional groups attached to an aromatic ring is 2. The van der Waals surface area contributed by atoms with E-state index in [2.05, 4.69) is 0 Å². The highest BCUT2D eigenvalue weighted by atomic mass is 32.1. The predicted octanol–water partition coefficient (Wildman–Crippen LogP) is 3.04. The topological polar surface area (TPSA) is 138 Å². The minimum absolute atomic E-state index is 0.0570. The molecular formula is C12H8N4O4S. The van der Waals surface area contributed by atoms with Crippen LogP contribution >= 0.6 is 11.3 Å². The Morgan fingerprint density at radius 2 is 1.19 bits per heavy atom. The first-order valence-corrected chi connectivity index (χ1v) is 6.54. The fourth-order valence-electron chi connectivity index (χ4n) is 2.19. The van der Waals surface area contributed by atoms with Crippen molar-refractivity contribution in [2.45, 2.75) is 0 Å². The van der Waals surface area contributed by atoms with Gasteiger partial charge in [-0.25, -0.2) is 0 Å². The van der Waals surface area contributed by atoms with Gasteiger partial charge in [0.1, 0.15) is 11.4 Å². The van der Waals surface area contributed by atoms with Gasteiger partial charge in [-0.3, -0.25) is 20.2 Å². The average molecular weight is 304 g/mol. The fourth-order valence-corrected chi connectivity index (χ4v) is 3.36. The third-order valence-corrected chi connectivity index (χ3v) is 4.28. The van der Waals surface area contributed by atoms with Crippen molar-refractivity contribution in [3.8, 4) is 0 Å². The predicted molar refractivity (Wildman–Crippen MR) is 81.5 cm³/mol. The minimum atomic E-state index is -0.579. The summed E-state index contributed by atoms with van der Waals surface area (Å²) in [7, 11) is 0. The van der Waals surface area contributed by atoms with Crippen LogP contribution in [0, 0.1) is 20.2 Å². The first-order chi connectivity index (χ1) is 9.88. The second-order valence-electron chi connectivity index (χ2n) is 4.43. The Balaban J connectivity index is 2.44. The van der Waals surface area contributed by atoms with E-state index in [0.29, 0.717) is 20.2 Å². The van der Waals surface area contributed by atoms with Crippen LogP contribution in [0.5, 0.6) is 0 Å². The van der Waals surface area contributed by atoms with Crippen LogP contribution in [-0.4, -0.2) is 9.85 Å². The molecule has 4 N–H and O–H groups in total. The molecule has 8 nitrogen and oxygen atoms in total. The van der Waals surface area contributed by atoms with E-state index in [0.717, 1.165) is 0 Å². The third kappa shape index (κ3) is 1.91. The molecule has 0 bridgehead atoms. The summed E-state index contributed by atoms with van der Waals surface area (Å²) in [6, 6.07) is 5.67. The molecular weight excluding hydrogens is 296 g/mol. The smallest absolute Gasteiger partial charge is 0.292 e. The van der Waals surface area contributed by atoms with E-state index in [1.807, 2.05) is 0 Å². The number of nitrogens with two attached hydrogens (primary N) is 2. The van der Waals surface area contributed by atoms with Gasteiger partial charge in [-0.05, 0) is 12.1 Å². The third-order valence-electron chi connectivity index (χ3n) is 3.16. The first kappa shape index (κ1) is 13.1. The summed E-state index contributed by atoms with van der Waals surface area (Å²) < 4.78 is 1.43. The Hall–Kier alpha value is -2.94. The number of fused-ring (bicyclic) bond motifs is 3. The van der Waals surface area contributed by atoms with Crippen LogP contribution in [0.1, 0.15) is 0 Å². The molecule has 106 valence electrons. The molecule has 21 heavy (non-hydrogen) atoms. The van der Waals surface area contributed by atoms with Crippen LogP contribution in [-0.2, 0) is 0 Å². The fraction of sp³-hybridized carbons (Fsp3) is 0. The number of rotatable bonds is 2.